The Kier molecular flexibility index (Phi) is 16.3. The van der Waals surface area contributed by atoms with Crippen LogP contribution in [-0.4, -0.2) is 70.7 Å². The minimum absolute atomic E-state index is 0.779. The molecule has 0 spiro atoms. The Labute approximate surface area is 168 Å². The second-order valence-electron chi connectivity index (χ2n) is 3.65. The van der Waals surface area contributed by atoms with Gasteiger partial charge in [0.15, 0.2) is 0 Å². The number of nitrogens with zero attached hydrogens (tertiary/aromatic N) is 1. The van der Waals surface area contributed by atoms with Crippen molar-refractivity contribution in [3.63, 3.8) is 0 Å². The molecule has 0 amide bonds. The van der Waals surface area contributed by atoms with Crippen LogP contribution in [0, 0.1) is 11.3 Å². The van der Waals surface area contributed by atoms with Gasteiger partial charge in [0.2, 0.25) is 0 Å². The molecule has 0 aromatic heterocycles. The fourth-order valence-corrected chi connectivity index (χ4v) is 1.55. The van der Waals surface area contributed by atoms with Crippen molar-refractivity contribution in [1.29, 1.82) is 5.26 Å². The molecule has 0 aliphatic carbocycles. The van der Waals surface area contributed by atoms with E-state index in [-0.39, 0.29) is 0 Å². The van der Waals surface area contributed by atoms with Gasteiger partial charge in [0, 0.05) is 0 Å². The molecule has 0 fully saturated rings. The summed E-state index contributed by atoms with van der Waals surface area (Å²) in [6.45, 7) is 0. The summed E-state index contributed by atoms with van der Waals surface area (Å²) in [6.07, 6.45) is 0. The fraction of sp³-hybridized carbons (Fsp3) is 0.125. The number of benzene rings is 1. The Morgan fingerprint density at radius 3 is 1.32 bits per heavy atom. The van der Waals surface area contributed by atoms with Crippen LogP contribution < -0.4 is 0 Å². The van der Waals surface area contributed by atoms with Crippen molar-refractivity contribution in [2.24, 2.45) is 0 Å². The van der Waals surface area contributed by atoms with E-state index < -0.39 is 21.8 Å². The number of rotatable bonds is 1. The molecule has 25 heavy (non-hydrogen) atoms. The molecule has 1 aromatic carbocycles. The summed E-state index contributed by atoms with van der Waals surface area (Å²) in [4.78, 5) is 0. The summed E-state index contributed by atoms with van der Waals surface area (Å²) >= 11 is 0.848. The molecule has 0 aliphatic heterocycles. The predicted molar refractivity (Wildman–Crippen MR) is 71.2 cm³/mol. The molecular formula is C8H6B3F12KN-3. The van der Waals surface area contributed by atoms with Gasteiger partial charge in [0.1, 0.15) is 0 Å². The van der Waals surface area contributed by atoms with E-state index in [0.717, 1.165) is 54.5 Å². The molecule has 0 radical (unpaired) electrons. The van der Waals surface area contributed by atoms with Crippen molar-refractivity contribution in [2.75, 3.05) is 0 Å². The first-order chi connectivity index (χ1) is 10.9. The van der Waals surface area contributed by atoms with Crippen molar-refractivity contribution in [2.45, 2.75) is 0.515 Å². The van der Waals surface area contributed by atoms with Gasteiger partial charge in [-0.3, -0.25) is 0 Å². The van der Waals surface area contributed by atoms with E-state index in [1.807, 2.05) is 18.2 Å². The van der Waals surface area contributed by atoms with E-state index in [9.17, 15) is 51.8 Å². The molecule has 0 bridgehead atoms. The van der Waals surface area contributed by atoms with Gasteiger partial charge in [-0.1, -0.05) is 0 Å². The topological polar surface area (TPSA) is 23.8 Å². The Balaban J connectivity index is -0.000000279. The van der Waals surface area contributed by atoms with Crippen LogP contribution in [0.3, 0.4) is 0 Å². The zero-order chi connectivity index (χ0) is 20.9. The van der Waals surface area contributed by atoms with Crippen LogP contribution >= 0.6 is 0 Å². The third-order valence-electron chi connectivity index (χ3n) is 1.46. The molecule has 140 valence electrons. The van der Waals surface area contributed by atoms with Gasteiger partial charge >= 0.3 is 118 Å². The normalized spacial score (nSPS) is 10.8. The number of hydrogen-bond donors (Lipinski definition) is 0. The SMILES string of the molecule is F[B-](F)(F)F.F[B-](F)(F)F.F[B-](F)(F)F.N#Cc1cccc([CH2][K])c1. The fourth-order valence-electron chi connectivity index (χ4n) is 0.861. The third-order valence-corrected chi connectivity index (χ3v) is 2.74. The third kappa shape index (κ3) is 59.5. The van der Waals surface area contributed by atoms with Crippen LogP contribution in [0.4, 0.5) is 51.8 Å². The van der Waals surface area contributed by atoms with Crippen LogP contribution in [0.1, 0.15) is 11.1 Å². The van der Waals surface area contributed by atoms with Crippen LogP contribution in [0.2, 0.25) is 0 Å². The average molecular weight is 416 g/mol. The second kappa shape index (κ2) is 13.8. The Morgan fingerprint density at radius 2 is 1.08 bits per heavy atom. The zero-order valence-electron chi connectivity index (χ0n) is 12.2. The summed E-state index contributed by atoms with van der Waals surface area (Å²) < 4.78 is 118. The van der Waals surface area contributed by atoms with E-state index in [1.165, 1.54) is 6.08 Å². The van der Waals surface area contributed by atoms with Crippen LogP contribution in [0.15, 0.2) is 24.3 Å². The molecule has 1 nitrogen and oxygen atoms in total. The Bertz CT molecular complexity index is 462. The Hall–Kier alpha value is -0.299. The van der Waals surface area contributed by atoms with Crippen LogP contribution in [0.5, 0.6) is 0 Å². The maximum absolute atomic E-state index is 9.75. The first-order valence-corrected chi connectivity index (χ1v) is 8.18. The molecule has 0 unspecified atom stereocenters. The molecule has 1 rings (SSSR count). The van der Waals surface area contributed by atoms with E-state index >= 15 is 0 Å². The average Bonchev–Trinajstić information content (AvgIpc) is 2.33. The molecule has 0 aliphatic rings. The van der Waals surface area contributed by atoms with Crippen molar-refractivity contribution in [3.05, 3.63) is 35.4 Å². The predicted octanol–water partition coefficient (Wildman–Crippen LogP) is 5.13. The first-order valence-electron chi connectivity index (χ1n) is 5.97. The molecule has 0 atom stereocenters. The molecule has 1 aromatic rings. The van der Waals surface area contributed by atoms with Crippen molar-refractivity contribution < 1.29 is 51.8 Å². The van der Waals surface area contributed by atoms with Gasteiger partial charge in [0.25, 0.3) is 0 Å². The van der Waals surface area contributed by atoms with Gasteiger partial charge in [-0.2, -0.15) is 0 Å². The van der Waals surface area contributed by atoms with E-state index in [4.69, 9.17) is 5.26 Å². The molecule has 17 heteroatoms. The van der Waals surface area contributed by atoms with Gasteiger partial charge < -0.3 is 51.8 Å². The van der Waals surface area contributed by atoms with Crippen molar-refractivity contribution in [1.82, 2.24) is 0 Å². The monoisotopic (exact) mass is 416 g/mol. The second-order valence-corrected chi connectivity index (χ2v) is 4.75. The minimum atomic E-state index is -6.00. The van der Waals surface area contributed by atoms with E-state index in [2.05, 4.69) is 12.1 Å². The molecule has 0 saturated heterocycles. The summed E-state index contributed by atoms with van der Waals surface area (Å²) in [5.41, 5.74) is 2.08. The van der Waals surface area contributed by atoms with E-state index in [0.29, 0.717) is 0 Å². The molecule has 0 N–H and O–H groups in total. The quantitative estimate of drug-likeness (QED) is 0.461. The first kappa shape index (κ1) is 29.5. The van der Waals surface area contributed by atoms with Gasteiger partial charge in [-0.05, 0) is 0 Å². The summed E-state index contributed by atoms with van der Waals surface area (Å²) in [5, 5.41) is 8.52. The standard InChI is InChI=1S/C8H6N.3BF4.K/c1-7-3-2-4-8(5-7)6-9;3*2-1(3,4)5;/h2-5H,1H2;;;;/q;3*-1;. The molecular weight excluding hydrogens is 410 g/mol. The van der Waals surface area contributed by atoms with E-state index in [1.54, 1.807) is 0 Å². The summed E-state index contributed by atoms with van der Waals surface area (Å²) in [5.74, 6) is 0. The number of nitriles is 1. The summed E-state index contributed by atoms with van der Waals surface area (Å²) in [6, 6.07) is 9.95. The van der Waals surface area contributed by atoms with Gasteiger partial charge in [-0.25, -0.2) is 0 Å². The van der Waals surface area contributed by atoms with Crippen LogP contribution in [0.25, 0.3) is 0 Å². The van der Waals surface area contributed by atoms with Crippen LogP contribution in [-0.2, 0) is 0.515 Å². The maximum atomic E-state index is 9.75. The number of hydrogen-bond acceptors (Lipinski definition) is 1. The molecule has 0 heterocycles. The van der Waals surface area contributed by atoms with Crippen molar-refractivity contribution in [3.8, 4) is 6.07 Å². The number of halogens is 12. The summed E-state index contributed by atoms with van der Waals surface area (Å²) in [7, 11) is -18.0. The molecule has 0 saturated carbocycles. The van der Waals surface area contributed by atoms with Crippen molar-refractivity contribution >= 4 is 70.7 Å². The zero-order valence-corrected chi connectivity index (χ0v) is 15.4. The van der Waals surface area contributed by atoms with Gasteiger partial charge in [-0.15, -0.1) is 0 Å². The Morgan fingerprint density at radius 1 is 0.760 bits per heavy atom. The van der Waals surface area contributed by atoms with Gasteiger partial charge in [0.05, 0.1) is 0 Å².